The van der Waals surface area contributed by atoms with Gasteiger partial charge in [-0.1, -0.05) is 0 Å². The maximum Gasteiger partial charge on any atom is 0.408 e. The van der Waals surface area contributed by atoms with Gasteiger partial charge in [-0.05, 0) is 18.2 Å². The number of β-amino-alcohol motifs (C(OH)–C–C–N with tert-alkyl or cyclic N) is 1. The Kier molecular flexibility index (Phi) is 6.03. The van der Waals surface area contributed by atoms with Gasteiger partial charge in [-0.3, -0.25) is 9.67 Å². The zero-order valence-electron chi connectivity index (χ0n) is 18.8. The van der Waals surface area contributed by atoms with Gasteiger partial charge in [-0.2, -0.15) is 23.4 Å². The molecule has 1 aliphatic rings. The Bertz CT molecular complexity index is 1340. The number of anilines is 1. The summed E-state index contributed by atoms with van der Waals surface area (Å²) in [5, 5.41) is 22.4. The average Bonchev–Trinajstić information content (AvgIpc) is 3.40. The molecule has 1 aliphatic heterocycles. The lowest BCUT2D eigenvalue weighted by molar-refractivity contribution is -0.142. The van der Waals surface area contributed by atoms with Crippen LogP contribution in [0.25, 0.3) is 28.0 Å². The molecule has 2 N–H and O–H groups in total. The van der Waals surface area contributed by atoms with Crippen LogP contribution in [0.5, 0.6) is 5.75 Å². The van der Waals surface area contributed by atoms with Crippen molar-refractivity contribution in [2.75, 3.05) is 38.2 Å². The lowest BCUT2D eigenvalue weighted by atomic mass is 10.2. The molecule has 4 aromatic heterocycles. The molecule has 10 nitrogen and oxygen atoms in total. The van der Waals surface area contributed by atoms with E-state index in [4.69, 9.17) is 9.72 Å². The Labute approximate surface area is 198 Å². The third-order valence-electron chi connectivity index (χ3n) is 5.65. The van der Waals surface area contributed by atoms with Gasteiger partial charge in [-0.15, -0.1) is 0 Å². The van der Waals surface area contributed by atoms with Crippen LogP contribution in [0.2, 0.25) is 0 Å². The minimum Gasteiger partial charge on any atom is -0.493 e. The Balaban J connectivity index is 1.52. The second kappa shape index (κ2) is 9.15. The van der Waals surface area contributed by atoms with Crippen LogP contribution < -0.4 is 15.0 Å². The van der Waals surface area contributed by atoms with Crippen molar-refractivity contribution in [2.24, 2.45) is 0 Å². The molecule has 4 aromatic rings. The Morgan fingerprint density at radius 3 is 2.86 bits per heavy atom. The van der Waals surface area contributed by atoms with Gasteiger partial charge in [0.2, 0.25) is 0 Å². The van der Waals surface area contributed by atoms with Crippen molar-refractivity contribution in [2.45, 2.75) is 18.8 Å². The largest absolute Gasteiger partial charge is 0.493 e. The van der Waals surface area contributed by atoms with Crippen LogP contribution in [-0.2, 0) is 6.54 Å². The predicted octanol–water partition coefficient (Wildman–Crippen LogP) is 2.02. The third-order valence-corrected chi connectivity index (χ3v) is 5.65. The first kappa shape index (κ1) is 23.1. The molecule has 35 heavy (non-hydrogen) atoms. The SMILES string of the molecule is COc1ccc(-n2ncc3cnc(-c4cnn(CC(F)(F)F)c4)cc32)nc1N1CCNC[C@H](O)C1. The topological polar surface area (TPSA) is 106 Å². The van der Waals surface area contributed by atoms with Gasteiger partial charge in [0, 0.05) is 49.5 Å². The quantitative estimate of drug-likeness (QED) is 0.440. The van der Waals surface area contributed by atoms with Gasteiger partial charge in [0.15, 0.2) is 17.4 Å². The molecule has 0 unspecified atom stereocenters. The van der Waals surface area contributed by atoms with E-state index in [1.165, 1.54) is 12.4 Å². The number of aromatic nitrogens is 6. The summed E-state index contributed by atoms with van der Waals surface area (Å²) in [7, 11) is 1.56. The van der Waals surface area contributed by atoms with E-state index in [9.17, 15) is 18.3 Å². The summed E-state index contributed by atoms with van der Waals surface area (Å²) in [4.78, 5) is 11.1. The monoisotopic (exact) mass is 488 g/mol. The summed E-state index contributed by atoms with van der Waals surface area (Å²) < 4.78 is 46.1. The number of pyridine rings is 2. The second-order valence-corrected chi connectivity index (χ2v) is 8.23. The Hall–Kier alpha value is -3.71. The summed E-state index contributed by atoms with van der Waals surface area (Å²) in [6, 6.07) is 5.30. The molecule has 1 atom stereocenters. The van der Waals surface area contributed by atoms with Gasteiger partial charge >= 0.3 is 6.18 Å². The molecule has 0 bridgehead atoms. The lowest BCUT2D eigenvalue weighted by Crippen LogP contribution is -2.33. The Morgan fingerprint density at radius 2 is 2.06 bits per heavy atom. The summed E-state index contributed by atoms with van der Waals surface area (Å²) >= 11 is 0. The first-order valence-corrected chi connectivity index (χ1v) is 10.9. The van der Waals surface area contributed by atoms with Crippen LogP contribution in [0.15, 0.2) is 43.0 Å². The average molecular weight is 488 g/mol. The summed E-state index contributed by atoms with van der Waals surface area (Å²) in [5.41, 5.74) is 1.60. The van der Waals surface area contributed by atoms with Crippen molar-refractivity contribution in [1.29, 1.82) is 0 Å². The maximum atomic E-state index is 12.7. The summed E-state index contributed by atoms with van der Waals surface area (Å²) in [6.07, 6.45) is 0.996. The number of ether oxygens (including phenoxy) is 1. The van der Waals surface area contributed by atoms with Gasteiger partial charge in [-0.25, -0.2) is 9.67 Å². The van der Waals surface area contributed by atoms with E-state index in [0.717, 1.165) is 10.1 Å². The number of methoxy groups -OCH3 is 1. The van der Waals surface area contributed by atoms with E-state index in [0.29, 0.717) is 60.3 Å². The molecule has 13 heteroatoms. The standard InChI is InChI=1S/C22H23F3N8O2/c1-35-19-2-3-20(30-21(19)31-5-4-26-10-16(34)12-31)33-18-6-17(27-7-14(18)8-29-33)15-9-28-32(11-15)13-22(23,24)25/h2-3,6-9,11,16,26,34H,4-5,10,12-13H2,1H3/t16-/m0/s1. The van der Waals surface area contributed by atoms with Crippen molar-refractivity contribution < 1.29 is 23.0 Å². The molecule has 5 rings (SSSR count). The number of alkyl halides is 3. The minimum absolute atomic E-state index is 0.398. The predicted molar refractivity (Wildman–Crippen MR) is 122 cm³/mol. The van der Waals surface area contributed by atoms with Gasteiger partial charge in [0.05, 0.1) is 36.8 Å². The molecule has 1 saturated heterocycles. The smallest absolute Gasteiger partial charge is 0.408 e. The van der Waals surface area contributed by atoms with Gasteiger partial charge < -0.3 is 20.1 Å². The molecule has 0 saturated carbocycles. The minimum atomic E-state index is -4.36. The van der Waals surface area contributed by atoms with Crippen molar-refractivity contribution in [3.05, 3.63) is 43.0 Å². The number of aliphatic hydroxyl groups excluding tert-OH is 1. The van der Waals surface area contributed by atoms with E-state index in [1.807, 2.05) is 4.90 Å². The number of rotatable bonds is 5. The van der Waals surface area contributed by atoms with Crippen LogP contribution in [0.3, 0.4) is 0 Å². The molecule has 0 amide bonds. The molecule has 184 valence electrons. The van der Waals surface area contributed by atoms with E-state index in [1.54, 1.807) is 42.4 Å². The maximum absolute atomic E-state index is 12.7. The van der Waals surface area contributed by atoms with E-state index in [2.05, 4.69) is 20.5 Å². The van der Waals surface area contributed by atoms with Crippen LogP contribution in [0.1, 0.15) is 0 Å². The highest BCUT2D eigenvalue weighted by atomic mass is 19.4. The van der Waals surface area contributed by atoms with Gasteiger partial charge in [0.1, 0.15) is 6.54 Å². The Morgan fingerprint density at radius 1 is 1.20 bits per heavy atom. The van der Waals surface area contributed by atoms with Crippen LogP contribution in [-0.4, -0.2) is 80.2 Å². The molecular weight excluding hydrogens is 465 g/mol. The lowest BCUT2D eigenvalue weighted by Gasteiger charge is -2.25. The van der Waals surface area contributed by atoms with E-state index in [-0.39, 0.29) is 0 Å². The van der Waals surface area contributed by atoms with Crippen molar-refractivity contribution in [3.8, 4) is 22.8 Å². The van der Waals surface area contributed by atoms with Crippen molar-refractivity contribution in [1.82, 2.24) is 34.8 Å². The fourth-order valence-corrected chi connectivity index (χ4v) is 4.04. The highest BCUT2D eigenvalue weighted by Gasteiger charge is 2.28. The fourth-order valence-electron chi connectivity index (χ4n) is 4.04. The van der Waals surface area contributed by atoms with Crippen molar-refractivity contribution >= 4 is 16.7 Å². The summed E-state index contributed by atoms with van der Waals surface area (Å²) in [5.74, 6) is 1.67. The van der Waals surface area contributed by atoms with Crippen LogP contribution >= 0.6 is 0 Å². The second-order valence-electron chi connectivity index (χ2n) is 8.23. The van der Waals surface area contributed by atoms with Gasteiger partial charge in [0.25, 0.3) is 0 Å². The normalized spacial score (nSPS) is 17.1. The zero-order valence-corrected chi connectivity index (χ0v) is 18.8. The molecule has 5 heterocycles. The summed E-state index contributed by atoms with van der Waals surface area (Å²) in [6.45, 7) is 1.05. The number of aliphatic hydroxyl groups is 1. The van der Waals surface area contributed by atoms with Crippen molar-refractivity contribution in [3.63, 3.8) is 0 Å². The number of nitrogens with zero attached hydrogens (tertiary/aromatic N) is 7. The fraction of sp³-hybridized carbons (Fsp3) is 0.364. The number of halogens is 3. The number of fused-ring (bicyclic) bond motifs is 1. The molecule has 0 aliphatic carbocycles. The third kappa shape index (κ3) is 4.91. The molecule has 0 radical (unpaired) electrons. The van der Waals surface area contributed by atoms with E-state index < -0.39 is 18.8 Å². The number of nitrogens with one attached hydrogen (secondary N) is 1. The highest BCUT2D eigenvalue weighted by molar-refractivity contribution is 5.83. The highest BCUT2D eigenvalue weighted by Crippen LogP contribution is 2.30. The van der Waals surface area contributed by atoms with Crippen LogP contribution in [0, 0.1) is 0 Å². The molecular formula is C22H23F3N8O2. The first-order chi connectivity index (χ1) is 16.8. The molecule has 0 spiro atoms. The number of hydrogen-bond donors (Lipinski definition) is 2. The van der Waals surface area contributed by atoms with Crippen LogP contribution in [0.4, 0.5) is 19.0 Å². The van der Waals surface area contributed by atoms with E-state index >= 15 is 0 Å². The molecule has 1 fully saturated rings. The molecule has 0 aromatic carbocycles. The first-order valence-electron chi connectivity index (χ1n) is 10.9. The zero-order chi connectivity index (χ0) is 24.6. The number of hydrogen-bond acceptors (Lipinski definition) is 8.